The number of carbonyl (C=O) groups is 1. The molecule has 0 spiro atoms. The Hall–Kier alpha value is -3.30. The Kier molecular flexibility index (Phi) is 8.36. The minimum absolute atomic E-state index is 0.000796. The predicted molar refractivity (Wildman–Crippen MR) is 127 cm³/mol. The highest BCUT2D eigenvalue weighted by molar-refractivity contribution is 5.76. The molecule has 9 heteroatoms. The molecule has 3 rings (SSSR count). The van der Waals surface area contributed by atoms with E-state index < -0.39 is 18.6 Å². The average Bonchev–Trinajstić information content (AvgIpc) is 3.26. The van der Waals surface area contributed by atoms with Gasteiger partial charge in [0.05, 0.1) is 0 Å². The largest absolute Gasteiger partial charge is 0.490 e. The highest BCUT2D eigenvalue weighted by atomic mass is 16.5. The van der Waals surface area contributed by atoms with Crippen molar-refractivity contribution in [1.82, 2.24) is 20.4 Å². The van der Waals surface area contributed by atoms with E-state index in [9.17, 15) is 9.90 Å². The van der Waals surface area contributed by atoms with Crippen molar-refractivity contribution in [1.29, 1.82) is 0 Å². The molecule has 2 aromatic heterocycles. The molecule has 1 aromatic carbocycles. The molecular formula is C25H32N4O5. The molecule has 1 unspecified atom stereocenters. The van der Waals surface area contributed by atoms with Crippen molar-refractivity contribution in [3.05, 3.63) is 46.8 Å². The normalized spacial score (nSPS) is 12.1. The van der Waals surface area contributed by atoms with Gasteiger partial charge in [-0.15, -0.1) is 0 Å². The summed E-state index contributed by atoms with van der Waals surface area (Å²) in [4.78, 5) is 20.3. The van der Waals surface area contributed by atoms with Crippen molar-refractivity contribution in [2.24, 2.45) is 5.92 Å². The van der Waals surface area contributed by atoms with Gasteiger partial charge in [-0.05, 0) is 68.5 Å². The second-order valence-electron chi connectivity index (χ2n) is 8.88. The number of amides is 1. The number of nitrogens with one attached hydrogen (secondary N) is 1. The van der Waals surface area contributed by atoms with Gasteiger partial charge in [0.2, 0.25) is 11.7 Å². The first-order valence-electron chi connectivity index (χ1n) is 11.3. The number of aliphatic hydroxyl groups is 2. The van der Waals surface area contributed by atoms with Crippen LogP contribution in [0.2, 0.25) is 0 Å². The SMILES string of the molecule is Cc1cc(-c2nc(-c3cc(C)c(OCC(O)CNC(=O)CO)c(C)c3)no2)cc(CC(C)C)n1. The second-order valence-corrected chi connectivity index (χ2v) is 8.88. The maximum Gasteiger partial charge on any atom is 0.258 e. The fourth-order valence-corrected chi connectivity index (χ4v) is 3.67. The summed E-state index contributed by atoms with van der Waals surface area (Å²) in [6.45, 7) is 9.44. The van der Waals surface area contributed by atoms with Gasteiger partial charge in [0, 0.05) is 29.1 Å². The molecule has 0 saturated heterocycles. The van der Waals surface area contributed by atoms with Crippen LogP contribution in [0.15, 0.2) is 28.8 Å². The lowest BCUT2D eigenvalue weighted by atomic mass is 10.0. The van der Waals surface area contributed by atoms with E-state index in [2.05, 4.69) is 34.3 Å². The Morgan fingerprint density at radius 3 is 2.44 bits per heavy atom. The first-order valence-corrected chi connectivity index (χ1v) is 11.3. The molecule has 1 atom stereocenters. The van der Waals surface area contributed by atoms with Gasteiger partial charge >= 0.3 is 0 Å². The average molecular weight is 469 g/mol. The molecule has 182 valence electrons. The minimum Gasteiger partial charge on any atom is -0.490 e. The van der Waals surface area contributed by atoms with Crippen LogP contribution in [0, 0.1) is 26.7 Å². The maximum atomic E-state index is 11.1. The van der Waals surface area contributed by atoms with Crippen LogP contribution >= 0.6 is 0 Å². The van der Waals surface area contributed by atoms with Crippen molar-refractivity contribution >= 4 is 5.91 Å². The van der Waals surface area contributed by atoms with Crippen molar-refractivity contribution in [3.8, 4) is 28.6 Å². The molecule has 0 fully saturated rings. The van der Waals surface area contributed by atoms with Crippen molar-refractivity contribution in [2.45, 2.75) is 47.1 Å². The predicted octanol–water partition coefficient (Wildman–Crippen LogP) is 2.77. The quantitative estimate of drug-likeness (QED) is 0.414. The smallest absolute Gasteiger partial charge is 0.258 e. The molecular weight excluding hydrogens is 436 g/mol. The summed E-state index contributed by atoms with van der Waals surface area (Å²) in [7, 11) is 0. The van der Waals surface area contributed by atoms with Crippen LogP contribution in [-0.4, -0.2) is 57.1 Å². The Bertz CT molecular complexity index is 1120. The number of ether oxygens (including phenoxy) is 1. The van der Waals surface area contributed by atoms with E-state index in [1.165, 1.54) is 0 Å². The van der Waals surface area contributed by atoms with Gasteiger partial charge in [0.1, 0.15) is 25.1 Å². The van der Waals surface area contributed by atoms with E-state index in [0.29, 0.717) is 23.4 Å². The number of carbonyl (C=O) groups excluding carboxylic acids is 1. The summed E-state index contributed by atoms with van der Waals surface area (Å²) in [6, 6.07) is 7.73. The molecule has 0 radical (unpaired) electrons. The van der Waals surface area contributed by atoms with E-state index in [-0.39, 0.29) is 13.2 Å². The maximum absolute atomic E-state index is 11.1. The lowest BCUT2D eigenvalue weighted by Crippen LogP contribution is -2.36. The van der Waals surface area contributed by atoms with Crippen LogP contribution in [0.3, 0.4) is 0 Å². The number of nitrogens with zero attached hydrogens (tertiary/aromatic N) is 3. The lowest BCUT2D eigenvalue weighted by Gasteiger charge is -2.16. The number of benzene rings is 1. The summed E-state index contributed by atoms with van der Waals surface area (Å²) >= 11 is 0. The van der Waals surface area contributed by atoms with Gasteiger partial charge in [0.15, 0.2) is 0 Å². The molecule has 9 nitrogen and oxygen atoms in total. The number of rotatable bonds is 10. The summed E-state index contributed by atoms with van der Waals surface area (Å²) in [6.07, 6.45) is -0.0314. The summed E-state index contributed by atoms with van der Waals surface area (Å²) in [5, 5.41) is 25.3. The van der Waals surface area contributed by atoms with Crippen molar-refractivity contribution < 1.29 is 24.3 Å². The van der Waals surface area contributed by atoms with E-state index in [0.717, 1.165) is 40.1 Å². The summed E-state index contributed by atoms with van der Waals surface area (Å²) < 4.78 is 11.3. The summed E-state index contributed by atoms with van der Waals surface area (Å²) in [5.41, 5.74) is 5.24. The Labute approximate surface area is 199 Å². The van der Waals surface area contributed by atoms with Crippen LogP contribution in [0.4, 0.5) is 0 Å². The molecule has 3 aromatic rings. The topological polar surface area (TPSA) is 131 Å². The number of aromatic nitrogens is 3. The Morgan fingerprint density at radius 1 is 1.09 bits per heavy atom. The highest BCUT2D eigenvalue weighted by Gasteiger charge is 2.16. The molecule has 0 aliphatic carbocycles. The van der Waals surface area contributed by atoms with Crippen LogP contribution in [0.5, 0.6) is 5.75 Å². The Morgan fingerprint density at radius 2 is 1.79 bits per heavy atom. The zero-order valence-electron chi connectivity index (χ0n) is 20.3. The first-order chi connectivity index (χ1) is 16.2. The lowest BCUT2D eigenvalue weighted by molar-refractivity contribution is -0.124. The fourth-order valence-electron chi connectivity index (χ4n) is 3.67. The van der Waals surface area contributed by atoms with Crippen LogP contribution in [0.25, 0.3) is 22.8 Å². The molecule has 0 aliphatic heterocycles. The zero-order chi connectivity index (χ0) is 24.8. The van der Waals surface area contributed by atoms with E-state index in [1.807, 2.05) is 45.0 Å². The minimum atomic E-state index is -0.904. The number of hydrogen-bond donors (Lipinski definition) is 3. The number of hydrogen-bond acceptors (Lipinski definition) is 8. The summed E-state index contributed by atoms with van der Waals surface area (Å²) in [5.74, 6) is 1.50. The third kappa shape index (κ3) is 6.61. The van der Waals surface area contributed by atoms with E-state index in [4.69, 9.17) is 14.4 Å². The third-order valence-corrected chi connectivity index (χ3v) is 5.11. The van der Waals surface area contributed by atoms with Crippen LogP contribution in [0.1, 0.15) is 36.4 Å². The van der Waals surface area contributed by atoms with Gasteiger partial charge in [-0.3, -0.25) is 9.78 Å². The molecule has 0 aliphatic rings. The molecule has 34 heavy (non-hydrogen) atoms. The standard InChI is InChI=1S/C25H32N4O5/c1-14(2)6-20-10-19(9-17(5)27-20)25-28-24(29-34-25)18-7-15(3)23(16(4)8-18)33-13-21(31)11-26-22(32)12-30/h7-10,14,21,30-31H,6,11-13H2,1-5H3,(H,26,32). The van der Waals surface area contributed by atoms with Gasteiger partial charge in [-0.25, -0.2) is 0 Å². The Balaban J connectivity index is 1.75. The second kappa shape index (κ2) is 11.2. The van der Waals surface area contributed by atoms with Gasteiger partial charge < -0.3 is 24.8 Å². The van der Waals surface area contributed by atoms with Crippen molar-refractivity contribution in [3.63, 3.8) is 0 Å². The van der Waals surface area contributed by atoms with E-state index in [1.54, 1.807) is 0 Å². The molecule has 3 N–H and O–H groups in total. The molecule has 2 heterocycles. The zero-order valence-corrected chi connectivity index (χ0v) is 20.3. The van der Waals surface area contributed by atoms with Gasteiger partial charge in [0.25, 0.3) is 5.89 Å². The van der Waals surface area contributed by atoms with Gasteiger partial charge in [-0.1, -0.05) is 19.0 Å². The molecule has 1 amide bonds. The number of pyridine rings is 1. The van der Waals surface area contributed by atoms with Gasteiger partial charge in [-0.2, -0.15) is 4.98 Å². The van der Waals surface area contributed by atoms with Crippen molar-refractivity contribution in [2.75, 3.05) is 19.8 Å². The number of aryl methyl sites for hydroxylation is 3. The van der Waals surface area contributed by atoms with Crippen LogP contribution < -0.4 is 10.1 Å². The first kappa shape index (κ1) is 25.3. The molecule has 0 bridgehead atoms. The third-order valence-electron chi connectivity index (χ3n) is 5.11. The number of aliphatic hydroxyl groups excluding tert-OH is 2. The van der Waals surface area contributed by atoms with E-state index >= 15 is 0 Å². The molecule has 0 saturated carbocycles. The highest BCUT2D eigenvalue weighted by Crippen LogP contribution is 2.30. The fraction of sp³-hybridized carbons (Fsp3) is 0.440. The monoisotopic (exact) mass is 468 g/mol. The van der Waals surface area contributed by atoms with Crippen LogP contribution in [-0.2, 0) is 11.2 Å².